The molecule has 5 nitrogen and oxygen atoms in total. The summed E-state index contributed by atoms with van der Waals surface area (Å²) in [5.41, 5.74) is 1.50. The third-order valence-corrected chi connectivity index (χ3v) is 3.46. The zero-order chi connectivity index (χ0) is 11.7. The summed E-state index contributed by atoms with van der Waals surface area (Å²) in [6.07, 6.45) is 3.11. The van der Waals surface area contributed by atoms with Crippen LogP contribution in [0.4, 0.5) is 0 Å². The molecule has 17 heavy (non-hydrogen) atoms. The maximum atomic E-state index is 4.34. The van der Waals surface area contributed by atoms with E-state index in [1.54, 1.807) is 6.33 Å². The average molecular weight is 308 g/mol. The number of aromatic amines is 1. The first kappa shape index (κ1) is 10.7. The Labute approximate surface area is 109 Å². The number of halogens is 1. The highest BCUT2D eigenvalue weighted by molar-refractivity contribution is 9.10. The van der Waals surface area contributed by atoms with E-state index in [-0.39, 0.29) is 0 Å². The highest BCUT2D eigenvalue weighted by Gasteiger charge is 2.08. The van der Waals surface area contributed by atoms with Crippen LogP contribution in [0.15, 0.2) is 45.5 Å². The molecule has 0 amide bonds. The molecule has 0 aliphatic rings. The minimum atomic E-state index is 0.664. The van der Waals surface area contributed by atoms with E-state index in [9.17, 15) is 0 Å². The number of nitrogens with zero attached hydrogens (tertiary/aromatic N) is 4. The van der Waals surface area contributed by atoms with Crippen molar-refractivity contribution in [3.8, 4) is 0 Å². The Morgan fingerprint density at radius 3 is 3.00 bits per heavy atom. The van der Waals surface area contributed by atoms with E-state index >= 15 is 0 Å². The first-order chi connectivity index (χ1) is 8.33. The minimum Gasteiger partial charge on any atom is -0.341 e. The number of fused-ring (bicyclic) bond motifs is 1. The van der Waals surface area contributed by atoms with Gasteiger partial charge in [-0.05, 0) is 39.8 Å². The van der Waals surface area contributed by atoms with Crippen LogP contribution in [0.5, 0.6) is 0 Å². The van der Waals surface area contributed by atoms with Crippen LogP contribution in [0.3, 0.4) is 0 Å². The molecule has 0 radical (unpaired) electrons. The molecule has 3 aromatic rings. The van der Waals surface area contributed by atoms with Gasteiger partial charge in [-0.15, -0.1) is 0 Å². The largest absolute Gasteiger partial charge is 0.341 e. The molecule has 3 rings (SSSR count). The van der Waals surface area contributed by atoms with E-state index in [4.69, 9.17) is 0 Å². The quantitative estimate of drug-likeness (QED) is 0.582. The molecule has 0 aromatic carbocycles. The maximum Gasteiger partial charge on any atom is 0.181 e. The van der Waals surface area contributed by atoms with E-state index in [0.29, 0.717) is 5.65 Å². The summed E-state index contributed by atoms with van der Waals surface area (Å²) in [5.74, 6) is 0. The molecular formula is C10H6BrN5S. The number of H-pyrrole nitrogens is 1. The van der Waals surface area contributed by atoms with Crippen LogP contribution in [0.2, 0.25) is 0 Å². The highest BCUT2D eigenvalue weighted by atomic mass is 79.9. The second kappa shape index (κ2) is 4.42. The topological polar surface area (TPSA) is 67.3 Å². The van der Waals surface area contributed by atoms with Crippen molar-refractivity contribution >= 4 is 38.9 Å². The van der Waals surface area contributed by atoms with E-state index in [1.807, 2.05) is 18.2 Å². The summed E-state index contributed by atoms with van der Waals surface area (Å²) < 4.78 is 0.803. The van der Waals surface area contributed by atoms with Gasteiger partial charge in [0.1, 0.15) is 26.5 Å². The molecule has 0 spiro atoms. The van der Waals surface area contributed by atoms with Gasteiger partial charge in [-0.1, -0.05) is 6.07 Å². The average Bonchev–Trinajstić information content (AvgIpc) is 2.78. The van der Waals surface area contributed by atoms with Crippen molar-refractivity contribution < 1.29 is 0 Å². The zero-order valence-electron chi connectivity index (χ0n) is 8.46. The molecular weight excluding hydrogens is 302 g/mol. The summed E-state index contributed by atoms with van der Waals surface area (Å²) in [6, 6.07) is 5.75. The number of pyridine rings is 1. The van der Waals surface area contributed by atoms with Gasteiger partial charge < -0.3 is 4.98 Å². The van der Waals surface area contributed by atoms with Crippen molar-refractivity contribution in [3.63, 3.8) is 0 Å². The molecule has 0 saturated carbocycles. The Hall–Kier alpha value is -1.47. The number of nitrogens with one attached hydrogen (secondary N) is 1. The maximum absolute atomic E-state index is 4.34. The lowest BCUT2D eigenvalue weighted by Gasteiger charge is -2.00. The summed E-state index contributed by atoms with van der Waals surface area (Å²) >= 11 is 4.81. The molecule has 0 unspecified atom stereocenters. The lowest BCUT2D eigenvalue weighted by Crippen LogP contribution is -1.87. The third-order valence-electron chi connectivity index (χ3n) is 2.08. The van der Waals surface area contributed by atoms with Gasteiger partial charge in [-0.25, -0.2) is 19.9 Å². The molecule has 84 valence electrons. The van der Waals surface area contributed by atoms with E-state index < -0.39 is 0 Å². The molecule has 3 aromatic heterocycles. The SMILES string of the molecule is Brc1cccc(Sc2ncnc3nc[nH]c23)n1. The van der Waals surface area contributed by atoms with E-state index in [1.165, 1.54) is 18.1 Å². The fourth-order valence-electron chi connectivity index (χ4n) is 1.37. The van der Waals surface area contributed by atoms with Gasteiger partial charge in [0.15, 0.2) is 5.65 Å². The first-order valence-corrected chi connectivity index (χ1v) is 6.38. The van der Waals surface area contributed by atoms with Crippen molar-refractivity contribution in [3.05, 3.63) is 35.5 Å². The van der Waals surface area contributed by atoms with Crippen LogP contribution >= 0.6 is 27.7 Å². The highest BCUT2D eigenvalue weighted by Crippen LogP contribution is 2.28. The van der Waals surface area contributed by atoms with E-state index in [2.05, 4.69) is 40.8 Å². The van der Waals surface area contributed by atoms with Gasteiger partial charge in [-0.3, -0.25) is 0 Å². The Balaban J connectivity index is 2.02. The predicted octanol–water partition coefficient (Wildman–Crippen LogP) is 2.66. The fraction of sp³-hybridized carbons (Fsp3) is 0. The number of hydrogen-bond acceptors (Lipinski definition) is 5. The molecule has 0 saturated heterocycles. The van der Waals surface area contributed by atoms with Crippen molar-refractivity contribution in [2.45, 2.75) is 10.1 Å². The summed E-state index contributed by atoms with van der Waals surface area (Å²) in [7, 11) is 0. The lowest BCUT2D eigenvalue weighted by atomic mass is 10.5. The van der Waals surface area contributed by atoms with Crippen molar-refractivity contribution in [1.29, 1.82) is 0 Å². The third kappa shape index (κ3) is 2.16. The molecule has 0 atom stereocenters. The van der Waals surface area contributed by atoms with Crippen LogP contribution in [-0.4, -0.2) is 24.9 Å². The van der Waals surface area contributed by atoms with E-state index in [0.717, 1.165) is 20.2 Å². The lowest BCUT2D eigenvalue weighted by molar-refractivity contribution is 1.06. The minimum absolute atomic E-state index is 0.664. The predicted molar refractivity (Wildman–Crippen MR) is 67.7 cm³/mol. The smallest absolute Gasteiger partial charge is 0.181 e. The van der Waals surface area contributed by atoms with Gasteiger partial charge in [0.05, 0.1) is 6.33 Å². The Bertz CT molecular complexity index is 668. The van der Waals surface area contributed by atoms with Crippen molar-refractivity contribution in [1.82, 2.24) is 24.9 Å². The number of rotatable bonds is 2. The molecule has 0 aliphatic heterocycles. The van der Waals surface area contributed by atoms with Gasteiger partial charge in [-0.2, -0.15) is 0 Å². The van der Waals surface area contributed by atoms with Crippen molar-refractivity contribution in [2.75, 3.05) is 0 Å². The van der Waals surface area contributed by atoms with Crippen LogP contribution in [-0.2, 0) is 0 Å². The molecule has 0 fully saturated rings. The van der Waals surface area contributed by atoms with Gasteiger partial charge in [0.25, 0.3) is 0 Å². The summed E-state index contributed by atoms with van der Waals surface area (Å²) in [5, 5.41) is 1.69. The number of imidazole rings is 1. The van der Waals surface area contributed by atoms with Crippen LogP contribution in [0.1, 0.15) is 0 Å². The van der Waals surface area contributed by atoms with Crippen LogP contribution in [0, 0.1) is 0 Å². The van der Waals surface area contributed by atoms with Crippen LogP contribution in [0.25, 0.3) is 11.2 Å². The molecule has 0 aliphatic carbocycles. The molecule has 3 heterocycles. The summed E-state index contributed by atoms with van der Waals surface area (Å²) in [4.78, 5) is 19.8. The number of hydrogen-bond donors (Lipinski definition) is 1. The van der Waals surface area contributed by atoms with Gasteiger partial charge in [0, 0.05) is 0 Å². The Morgan fingerprint density at radius 2 is 2.12 bits per heavy atom. The normalized spacial score (nSPS) is 10.9. The zero-order valence-corrected chi connectivity index (χ0v) is 10.9. The Morgan fingerprint density at radius 1 is 1.18 bits per heavy atom. The number of aromatic nitrogens is 5. The monoisotopic (exact) mass is 307 g/mol. The van der Waals surface area contributed by atoms with Gasteiger partial charge in [0.2, 0.25) is 0 Å². The second-order valence-electron chi connectivity index (χ2n) is 3.18. The Kier molecular flexibility index (Phi) is 2.77. The van der Waals surface area contributed by atoms with Crippen molar-refractivity contribution in [2.24, 2.45) is 0 Å². The summed E-state index contributed by atoms with van der Waals surface area (Å²) in [6.45, 7) is 0. The fourth-order valence-corrected chi connectivity index (χ4v) is 2.67. The first-order valence-electron chi connectivity index (χ1n) is 4.77. The van der Waals surface area contributed by atoms with Gasteiger partial charge >= 0.3 is 0 Å². The second-order valence-corrected chi connectivity index (χ2v) is 5.00. The van der Waals surface area contributed by atoms with Crippen LogP contribution < -0.4 is 0 Å². The molecule has 7 heteroatoms. The molecule has 0 bridgehead atoms. The molecule has 1 N–H and O–H groups in total. The standard InChI is InChI=1S/C10H6BrN5S/c11-6-2-1-3-7(16-6)17-10-8-9(13-4-12-8)14-5-15-10/h1-5H,(H,12,13,14,15).